The second-order valence-corrected chi connectivity index (χ2v) is 10.7. The lowest BCUT2D eigenvalue weighted by molar-refractivity contribution is 0.111. The molecule has 1 saturated heterocycles. The van der Waals surface area contributed by atoms with Gasteiger partial charge in [-0.3, -0.25) is 0 Å². The molecule has 2 heterocycles. The Labute approximate surface area is 185 Å². The van der Waals surface area contributed by atoms with Crippen LogP contribution in [-0.4, -0.2) is 61.0 Å². The molecule has 0 radical (unpaired) electrons. The number of hydrogen-bond acceptors (Lipinski definition) is 7. The minimum atomic E-state index is -3.52. The van der Waals surface area contributed by atoms with E-state index in [1.54, 1.807) is 31.4 Å². The van der Waals surface area contributed by atoms with Crippen molar-refractivity contribution in [3.8, 4) is 0 Å². The molecule has 164 valence electrons. The Morgan fingerprint density at radius 2 is 2.03 bits per heavy atom. The van der Waals surface area contributed by atoms with Crippen LogP contribution in [0.15, 0.2) is 47.4 Å². The van der Waals surface area contributed by atoms with E-state index in [2.05, 4.69) is 9.36 Å². The van der Waals surface area contributed by atoms with Crippen LogP contribution in [0.25, 0.3) is 0 Å². The molecular formula is C21H23FN4O3S2. The van der Waals surface area contributed by atoms with Gasteiger partial charge in [-0.1, -0.05) is 30.4 Å². The summed E-state index contributed by atoms with van der Waals surface area (Å²) in [5.41, 5.74) is 0.264. The van der Waals surface area contributed by atoms with Gasteiger partial charge in [0, 0.05) is 57.2 Å². The molecule has 0 bridgehead atoms. The largest absolute Gasteiger partial charge is 0.374 e. The Kier molecular flexibility index (Phi) is 5.20. The quantitative estimate of drug-likeness (QED) is 0.657. The zero-order chi connectivity index (χ0) is 21.6. The second kappa shape index (κ2) is 7.77. The molecule has 10 heteroatoms. The van der Waals surface area contributed by atoms with E-state index in [0.29, 0.717) is 48.9 Å². The van der Waals surface area contributed by atoms with Crippen LogP contribution in [0.5, 0.6) is 0 Å². The molecule has 0 amide bonds. The van der Waals surface area contributed by atoms with Crippen LogP contribution in [0.1, 0.15) is 17.8 Å². The van der Waals surface area contributed by atoms with Gasteiger partial charge in [0.15, 0.2) is 0 Å². The zero-order valence-corrected chi connectivity index (χ0v) is 18.7. The summed E-state index contributed by atoms with van der Waals surface area (Å²) in [4.78, 5) is 6.94. The summed E-state index contributed by atoms with van der Waals surface area (Å²) in [5.74, 6) is 0.448. The second-order valence-electron chi connectivity index (χ2n) is 8.02. The molecule has 1 saturated carbocycles. The number of ether oxygens (including phenoxy) is 1. The first-order valence-electron chi connectivity index (χ1n) is 10.2. The normalized spacial score (nSPS) is 25.9. The Bertz CT molecular complexity index is 1150. The van der Waals surface area contributed by atoms with Crippen molar-refractivity contribution >= 4 is 26.7 Å². The van der Waals surface area contributed by atoms with Crippen LogP contribution in [0.2, 0.25) is 0 Å². The lowest BCUT2D eigenvalue weighted by atomic mass is 10.1. The molecule has 0 N–H and O–H groups in total. The van der Waals surface area contributed by atoms with Crippen LogP contribution in [0.4, 0.5) is 9.52 Å². The Balaban J connectivity index is 1.22. The van der Waals surface area contributed by atoms with Gasteiger partial charge in [-0.25, -0.2) is 17.8 Å². The smallest absolute Gasteiger partial charge is 0.242 e. The van der Waals surface area contributed by atoms with Crippen LogP contribution < -0.4 is 4.90 Å². The highest BCUT2D eigenvalue weighted by atomic mass is 32.2. The molecule has 2 fully saturated rings. The average Bonchev–Trinajstić information content (AvgIpc) is 3.34. The summed E-state index contributed by atoms with van der Waals surface area (Å²) in [6, 6.07) is 6.61. The van der Waals surface area contributed by atoms with E-state index in [4.69, 9.17) is 4.74 Å². The zero-order valence-electron chi connectivity index (χ0n) is 17.1. The Morgan fingerprint density at radius 1 is 1.26 bits per heavy atom. The van der Waals surface area contributed by atoms with Crippen molar-refractivity contribution < 1.29 is 17.5 Å². The summed E-state index contributed by atoms with van der Waals surface area (Å²) in [6.45, 7) is 1.84. The molecule has 7 nitrogen and oxygen atoms in total. The fourth-order valence-corrected chi connectivity index (χ4v) is 6.41. The minimum Gasteiger partial charge on any atom is -0.374 e. The number of anilines is 1. The van der Waals surface area contributed by atoms with Crippen molar-refractivity contribution in [2.24, 2.45) is 5.92 Å². The van der Waals surface area contributed by atoms with Crippen molar-refractivity contribution in [2.75, 3.05) is 38.2 Å². The van der Waals surface area contributed by atoms with Crippen LogP contribution in [0.3, 0.4) is 0 Å². The van der Waals surface area contributed by atoms with Crippen LogP contribution >= 0.6 is 11.5 Å². The summed E-state index contributed by atoms with van der Waals surface area (Å²) in [5, 5.41) is 0.739. The number of sulfonamides is 1. The number of fused-ring (bicyclic) bond motifs is 1. The van der Waals surface area contributed by atoms with Crippen LogP contribution in [-0.2, 0) is 21.2 Å². The van der Waals surface area contributed by atoms with E-state index in [1.165, 1.54) is 21.9 Å². The van der Waals surface area contributed by atoms with Gasteiger partial charge >= 0.3 is 0 Å². The molecule has 2 aromatic rings. The van der Waals surface area contributed by atoms with Crippen molar-refractivity contribution in [2.45, 2.75) is 18.4 Å². The van der Waals surface area contributed by atoms with Crippen molar-refractivity contribution in [1.29, 1.82) is 0 Å². The van der Waals surface area contributed by atoms with Gasteiger partial charge in [-0.05, 0) is 24.1 Å². The van der Waals surface area contributed by atoms with E-state index < -0.39 is 10.0 Å². The number of aromatic nitrogens is 2. The van der Waals surface area contributed by atoms with Gasteiger partial charge in [-0.15, -0.1) is 0 Å². The van der Waals surface area contributed by atoms with E-state index in [-0.39, 0.29) is 17.3 Å². The average molecular weight is 463 g/mol. The highest BCUT2D eigenvalue weighted by Crippen LogP contribution is 2.52. The van der Waals surface area contributed by atoms with Gasteiger partial charge < -0.3 is 9.64 Å². The molecule has 3 aliphatic rings. The maximum Gasteiger partial charge on any atom is 0.242 e. The minimum absolute atomic E-state index is 0.142. The van der Waals surface area contributed by atoms with Crippen LogP contribution in [0, 0.1) is 11.7 Å². The van der Waals surface area contributed by atoms with Gasteiger partial charge in [0.25, 0.3) is 0 Å². The lowest BCUT2D eigenvalue weighted by Gasteiger charge is -2.34. The molecule has 2 aliphatic carbocycles. The summed E-state index contributed by atoms with van der Waals surface area (Å²) in [6.07, 6.45) is 6.54. The van der Waals surface area contributed by atoms with E-state index >= 15 is 0 Å². The summed E-state index contributed by atoms with van der Waals surface area (Å²) < 4.78 is 51.4. The predicted molar refractivity (Wildman–Crippen MR) is 117 cm³/mol. The third kappa shape index (κ3) is 3.82. The van der Waals surface area contributed by atoms with Gasteiger partial charge in [0.2, 0.25) is 15.2 Å². The molecule has 2 atom stereocenters. The number of hydrogen-bond donors (Lipinski definition) is 0. The highest BCUT2D eigenvalue weighted by molar-refractivity contribution is 7.93. The van der Waals surface area contributed by atoms with Gasteiger partial charge in [0.05, 0.1) is 10.5 Å². The molecule has 1 aromatic carbocycles. The standard InChI is InChI=1S/C21H23FN4O3S2/c1-29-21-7-6-17(13-16(21)14-21)31(27,28)26-10-8-25(9-11-26)20-23-19(24-30-20)12-15-4-2-3-5-18(15)22/h2-7,13,16H,8-12,14H2,1H3. The SMILES string of the molecule is COC12C=CC(S(=O)(=O)N3CCN(c4nc(Cc5ccccc5F)ns4)CC3)=CC1C2. The number of nitrogens with zero attached hydrogens (tertiary/aromatic N) is 4. The number of rotatable bonds is 6. The predicted octanol–water partition coefficient (Wildman–Crippen LogP) is 2.58. The van der Waals surface area contributed by atoms with E-state index in [0.717, 1.165) is 11.6 Å². The molecule has 31 heavy (non-hydrogen) atoms. The molecule has 2 unspecified atom stereocenters. The lowest BCUT2D eigenvalue weighted by Crippen LogP contribution is -2.49. The number of methoxy groups -OCH3 is 1. The molecule has 1 aliphatic heterocycles. The fraction of sp³-hybridized carbons (Fsp3) is 0.429. The topological polar surface area (TPSA) is 75.6 Å². The third-order valence-electron chi connectivity index (χ3n) is 6.19. The van der Waals surface area contributed by atoms with Gasteiger partial charge in [0.1, 0.15) is 11.6 Å². The monoisotopic (exact) mass is 462 g/mol. The number of piperazine rings is 1. The molecule has 1 aromatic heterocycles. The maximum atomic E-state index is 13.9. The fourth-order valence-electron chi connectivity index (χ4n) is 4.15. The summed E-state index contributed by atoms with van der Waals surface area (Å²) in [7, 11) is -1.86. The van der Waals surface area contributed by atoms with Crippen molar-refractivity contribution in [3.63, 3.8) is 0 Å². The number of halogens is 1. The molecular weight excluding hydrogens is 439 g/mol. The maximum absolute atomic E-state index is 13.9. The first-order chi connectivity index (χ1) is 14.9. The first kappa shape index (κ1) is 20.7. The Morgan fingerprint density at radius 3 is 2.74 bits per heavy atom. The van der Waals surface area contributed by atoms with E-state index in [1.807, 2.05) is 17.1 Å². The molecule has 0 spiro atoms. The summed E-state index contributed by atoms with van der Waals surface area (Å²) >= 11 is 1.26. The van der Waals surface area contributed by atoms with Crippen molar-refractivity contribution in [1.82, 2.24) is 13.7 Å². The number of allylic oxidation sites excluding steroid dienone is 1. The third-order valence-corrected chi connectivity index (χ3v) is 8.92. The van der Waals surface area contributed by atoms with E-state index in [9.17, 15) is 12.8 Å². The first-order valence-corrected chi connectivity index (χ1v) is 12.4. The van der Waals surface area contributed by atoms with Gasteiger partial charge in [-0.2, -0.15) is 8.68 Å². The Hall–Kier alpha value is -2.14. The number of benzene rings is 1. The molecule has 5 rings (SSSR count). The van der Waals surface area contributed by atoms with Crippen molar-refractivity contribution in [3.05, 3.63) is 64.6 Å². The highest BCUT2D eigenvalue weighted by Gasteiger charge is 2.54.